The zero-order valence-electron chi connectivity index (χ0n) is 7.27. The largest absolute Gasteiger partial charge is 0.484 e. The van der Waals surface area contributed by atoms with E-state index in [9.17, 15) is 4.79 Å². The lowest BCUT2D eigenvalue weighted by atomic mass is 10.3. The minimum atomic E-state index is -0.198. The minimum absolute atomic E-state index is 0.0268. The predicted octanol–water partition coefficient (Wildman–Crippen LogP) is 3.12. The fraction of sp³-hybridized carbons (Fsp3) is 0.111. The van der Waals surface area contributed by atoms with E-state index in [1.165, 1.54) is 18.4 Å². The zero-order valence-corrected chi connectivity index (χ0v) is 9.72. The van der Waals surface area contributed by atoms with E-state index in [4.69, 9.17) is 17.0 Å². The van der Waals surface area contributed by atoms with Gasteiger partial charge >= 0.3 is 0 Å². The Labute approximate surface area is 94.1 Å². The first-order valence-electron chi connectivity index (χ1n) is 3.82. The van der Waals surface area contributed by atoms with Gasteiger partial charge in [0.05, 0.1) is 16.0 Å². The summed E-state index contributed by atoms with van der Waals surface area (Å²) in [6.07, 6.45) is 0. The summed E-state index contributed by atoms with van der Waals surface area (Å²) in [4.78, 5) is 12.2. The topological polar surface area (TPSA) is 26.3 Å². The molecule has 5 heteroatoms. The number of carbonyl (C=O) groups excluding carboxylic acids is 1. The predicted molar refractivity (Wildman–Crippen MR) is 63.6 cm³/mol. The molecule has 0 bridgehead atoms. The molecule has 0 radical (unpaired) electrons. The first-order chi connectivity index (χ1) is 6.72. The second kappa shape index (κ2) is 3.76. The third-order valence-electron chi connectivity index (χ3n) is 1.74. The van der Waals surface area contributed by atoms with Crippen molar-refractivity contribution >= 4 is 55.1 Å². The molecule has 0 saturated carbocycles. The van der Waals surface area contributed by atoms with E-state index in [1.807, 2.05) is 17.5 Å². The molecular weight excluding hydrogens is 236 g/mol. The number of thiocarbonyl (C=S) groups is 1. The lowest BCUT2D eigenvalue weighted by molar-refractivity contribution is 0.104. The van der Waals surface area contributed by atoms with Crippen LogP contribution in [-0.2, 0) is 4.74 Å². The molecule has 0 fully saturated rings. The molecule has 0 aromatic carbocycles. The highest BCUT2D eigenvalue weighted by Crippen LogP contribution is 2.30. The second-order valence-electron chi connectivity index (χ2n) is 2.59. The quantitative estimate of drug-likeness (QED) is 0.598. The molecule has 0 aliphatic rings. The third kappa shape index (κ3) is 1.58. The number of rotatable bonds is 2. The molecule has 2 nitrogen and oxygen atoms in total. The molecule has 72 valence electrons. The fourth-order valence-electron chi connectivity index (χ4n) is 1.07. The van der Waals surface area contributed by atoms with Crippen molar-refractivity contribution in [1.82, 2.24) is 0 Å². The van der Waals surface area contributed by atoms with Crippen LogP contribution in [0.5, 0.6) is 0 Å². The highest BCUT2D eigenvalue weighted by atomic mass is 32.2. The molecule has 0 unspecified atom stereocenters. The maximum Gasteiger partial charge on any atom is 0.249 e. The monoisotopic (exact) mass is 242 g/mol. The molecule has 0 amide bonds. The van der Waals surface area contributed by atoms with Crippen molar-refractivity contribution in [3.05, 3.63) is 22.4 Å². The molecule has 2 heterocycles. The minimum Gasteiger partial charge on any atom is -0.484 e. The Kier molecular flexibility index (Phi) is 2.62. The van der Waals surface area contributed by atoms with E-state index in [0.717, 1.165) is 9.40 Å². The van der Waals surface area contributed by atoms with Crippen molar-refractivity contribution in [1.29, 1.82) is 0 Å². The number of ether oxygens (including phenoxy) is 1. The summed E-state index contributed by atoms with van der Waals surface area (Å²) in [5.74, 6) is -0.198. The summed E-state index contributed by atoms with van der Waals surface area (Å²) in [5, 5.41) is 3.13. The smallest absolute Gasteiger partial charge is 0.249 e. The van der Waals surface area contributed by atoms with Crippen molar-refractivity contribution in [3.8, 4) is 0 Å². The summed E-state index contributed by atoms with van der Waals surface area (Å²) in [5.41, 5.74) is 0. The van der Waals surface area contributed by atoms with Crippen molar-refractivity contribution in [2.24, 2.45) is 0 Å². The molecule has 2 rings (SSSR count). The van der Waals surface area contributed by atoms with Crippen molar-refractivity contribution in [2.75, 3.05) is 7.11 Å². The van der Waals surface area contributed by atoms with Gasteiger partial charge < -0.3 is 4.74 Å². The van der Waals surface area contributed by atoms with E-state index in [0.29, 0.717) is 4.88 Å². The maximum atomic E-state index is 11.6. The SMILES string of the molecule is COC(=S)C(=O)c1cc2ccsc2s1. The second-order valence-corrected chi connectivity index (χ2v) is 5.19. The lowest BCUT2D eigenvalue weighted by Gasteiger charge is -1.96. The highest BCUT2D eigenvalue weighted by molar-refractivity contribution is 7.81. The third-order valence-corrected chi connectivity index (χ3v) is 4.30. The van der Waals surface area contributed by atoms with Gasteiger partial charge in [0.15, 0.2) is 0 Å². The maximum absolute atomic E-state index is 11.6. The number of ketones is 1. The number of methoxy groups -OCH3 is 1. The lowest BCUT2D eigenvalue weighted by Crippen LogP contribution is -2.11. The Hall–Kier alpha value is -0.780. The van der Waals surface area contributed by atoms with E-state index in [1.54, 1.807) is 11.3 Å². The molecule has 0 N–H and O–H groups in total. The van der Waals surface area contributed by atoms with Crippen LogP contribution in [0.4, 0.5) is 0 Å². The van der Waals surface area contributed by atoms with E-state index in [2.05, 4.69) is 0 Å². The Morgan fingerprint density at radius 3 is 3.00 bits per heavy atom. The van der Waals surface area contributed by atoms with E-state index < -0.39 is 0 Å². The molecular formula is C9H6O2S3. The van der Waals surface area contributed by atoms with Crippen LogP contribution in [0.3, 0.4) is 0 Å². The number of hydrogen-bond acceptors (Lipinski definition) is 5. The zero-order chi connectivity index (χ0) is 10.1. The Morgan fingerprint density at radius 2 is 2.36 bits per heavy atom. The van der Waals surface area contributed by atoms with Crippen molar-refractivity contribution in [3.63, 3.8) is 0 Å². The van der Waals surface area contributed by atoms with Gasteiger partial charge in [0.2, 0.25) is 10.8 Å². The van der Waals surface area contributed by atoms with Gasteiger partial charge in [-0.2, -0.15) is 0 Å². The Balaban J connectivity index is 2.40. The summed E-state index contributed by atoms with van der Waals surface area (Å²) in [6, 6.07) is 3.84. The molecule has 0 aliphatic carbocycles. The van der Waals surface area contributed by atoms with Crippen molar-refractivity contribution < 1.29 is 9.53 Å². The molecule has 0 saturated heterocycles. The molecule has 0 spiro atoms. The first-order valence-corrected chi connectivity index (χ1v) is 5.92. The summed E-state index contributed by atoms with van der Waals surface area (Å²) in [7, 11) is 1.41. The van der Waals surface area contributed by atoms with Crippen LogP contribution in [0.25, 0.3) is 9.40 Å². The van der Waals surface area contributed by atoms with Gasteiger partial charge in [-0.05, 0) is 29.7 Å². The molecule has 0 aliphatic heterocycles. The van der Waals surface area contributed by atoms with Gasteiger partial charge in [0.1, 0.15) is 0 Å². The van der Waals surface area contributed by atoms with Crippen LogP contribution < -0.4 is 0 Å². The average molecular weight is 242 g/mol. The standard InChI is InChI=1S/C9H6O2S3/c1-11-8(12)7(10)6-4-5-2-3-13-9(5)14-6/h2-4H,1H3. The average Bonchev–Trinajstić information content (AvgIpc) is 2.74. The Bertz CT molecular complexity index is 466. The van der Waals surface area contributed by atoms with Crippen LogP contribution >= 0.6 is 34.9 Å². The fourth-order valence-corrected chi connectivity index (χ4v) is 3.29. The van der Waals surface area contributed by atoms with Crippen LogP contribution in [0.2, 0.25) is 0 Å². The number of thiophene rings is 2. The summed E-state index contributed by atoms with van der Waals surface area (Å²) < 4.78 is 5.88. The molecule has 14 heavy (non-hydrogen) atoms. The summed E-state index contributed by atoms with van der Waals surface area (Å²) in [6.45, 7) is 0. The molecule has 2 aromatic rings. The van der Waals surface area contributed by atoms with Gasteiger partial charge in [-0.1, -0.05) is 0 Å². The van der Waals surface area contributed by atoms with Gasteiger partial charge in [-0.25, -0.2) is 0 Å². The highest BCUT2D eigenvalue weighted by Gasteiger charge is 2.15. The van der Waals surface area contributed by atoms with Crippen LogP contribution in [-0.4, -0.2) is 17.9 Å². The molecule has 0 atom stereocenters. The summed E-state index contributed by atoms with van der Waals surface area (Å²) >= 11 is 7.86. The van der Waals surface area contributed by atoms with Crippen LogP contribution in [0.15, 0.2) is 17.5 Å². The number of Topliss-reactive ketones (excluding diaryl/α,β-unsaturated/α-hetero) is 1. The number of fused-ring (bicyclic) bond motifs is 1. The van der Waals surface area contributed by atoms with E-state index in [-0.39, 0.29) is 10.8 Å². The normalized spacial score (nSPS) is 10.4. The molecule has 2 aromatic heterocycles. The Morgan fingerprint density at radius 1 is 1.57 bits per heavy atom. The van der Waals surface area contributed by atoms with Gasteiger partial charge in [0, 0.05) is 5.39 Å². The van der Waals surface area contributed by atoms with Crippen LogP contribution in [0.1, 0.15) is 9.67 Å². The number of carbonyl (C=O) groups is 1. The van der Waals surface area contributed by atoms with E-state index >= 15 is 0 Å². The van der Waals surface area contributed by atoms with Crippen LogP contribution in [0, 0.1) is 0 Å². The van der Waals surface area contributed by atoms with Crippen molar-refractivity contribution in [2.45, 2.75) is 0 Å². The van der Waals surface area contributed by atoms with Gasteiger partial charge in [-0.3, -0.25) is 4.79 Å². The first kappa shape index (κ1) is 9.76. The van der Waals surface area contributed by atoms with Gasteiger partial charge in [-0.15, -0.1) is 22.7 Å². The number of hydrogen-bond donors (Lipinski definition) is 0. The van der Waals surface area contributed by atoms with Gasteiger partial charge in [0.25, 0.3) is 0 Å².